The first-order chi connectivity index (χ1) is 8.73. The monoisotopic (exact) mass is 301 g/mol. The average molecular weight is 301 g/mol. The average Bonchev–Trinajstić information content (AvgIpc) is 3.09. The van der Waals surface area contributed by atoms with Gasteiger partial charge in [-0.25, -0.2) is 17.2 Å². The summed E-state index contributed by atoms with van der Waals surface area (Å²) in [6.45, 7) is -0.0998. The lowest BCUT2D eigenvalue weighted by Gasteiger charge is -2.14. The predicted octanol–water partition coefficient (Wildman–Crippen LogP) is 0.925. The second-order valence-electron chi connectivity index (χ2n) is 3.63. The van der Waals surface area contributed by atoms with Crippen LogP contribution in [0.15, 0.2) is 4.90 Å². The molecule has 5 nitrogen and oxygen atoms in total. The molecule has 1 aromatic rings. The second kappa shape index (κ2) is 4.62. The number of hydrogen-bond donors (Lipinski definition) is 0. The number of benzene rings is 1. The van der Waals surface area contributed by atoms with Gasteiger partial charge in [0.1, 0.15) is 27.7 Å². The van der Waals surface area contributed by atoms with E-state index >= 15 is 0 Å². The van der Waals surface area contributed by atoms with Crippen molar-refractivity contribution in [1.29, 1.82) is 0 Å². The van der Waals surface area contributed by atoms with Gasteiger partial charge in [0.25, 0.3) is 0 Å². The van der Waals surface area contributed by atoms with Crippen molar-refractivity contribution >= 4 is 10.1 Å². The van der Waals surface area contributed by atoms with Crippen LogP contribution in [-0.4, -0.2) is 32.3 Å². The highest BCUT2D eigenvalue weighted by atomic mass is 32.2. The summed E-state index contributed by atoms with van der Waals surface area (Å²) in [5.74, 6) is -10.2. The maximum Gasteiger partial charge on any atom is 0.205 e. The van der Waals surface area contributed by atoms with Crippen LogP contribution in [0.5, 0.6) is 5.75 Å². The molecule has 0 bridgehead atoms. The van der Waals surface area contributed by atoms with Gasteiger partial charge in [-0.1, -0.05) is 0 Å². The van der Waals surface area contributed by atoms with Crippen LogP contribution in [0.25, 0.3) is 0 Å². The molecule has 0 aromatic heterocycles. The van der Waals surface area contributed by atoms with Crippen molar-refractivity contribution in [3.63, 3.8) is 0 Å². The number of epoxide rings is 1. The van der Waals surface area contributed by atoms with Gasteiger partial charge in [-0.15, -0.1) is 0 Å². The van der Waals surface area contributed by atoms with Gasteiger partial charge in [-0.05, 0) is 0 Å². The molecule has 1 heterocycles. The molecule has 2 rings (SSSR count). The van der Waals surface area contributed by atoms with Crippen LogP contribution in [0.3, 0.4) is 0 Å². The molecule has 1 saturated heterocycles. The topological polar surface area (TPSA) is 79.0 Å². The lowest BCUT2D eigenvalue weighted by atomic mass is 10.3. The zero-order valence-corrected chi connectivity index (χ0v) is 9.77. The minimum atomic E-state index is -5.71. The van der Waals surface area contributed by atoms with E-state index in [-0.39, 0.29) is 13.2 Å². The van der Waals surface area contributed by atoms with Gasteiger partial charge in [0.15, 0.2) is 17.4 Å². The van der Waals surface area contributed by atoms with Crippen molar-refractivity contribution in [3.8, 4) is 5.75 Å². The van der Waals surface area contributed by atoms with Gasteiger partial charge < -0.3 is 14.0 Å². The third-order valence-electron chi connectivity index (χ3n) is 2.25. The van der Waals surface area contributed by atoms with Gasteiger partial charge in [0.2, 0.25) is 11.6 Å². The minimum Gasteiger partial charge on any atom is -0.744 e. The number of rotatable bonds is 4. The van der Waals surface area contributed by atoms with E-state index in [1.807, 2.05) is 0 Å². The zero-order chi connectivity index (χ0) is 14.4. The standard InChI is InChI=1S/C9H6F4O5S/c10-4-6(12)9(19(14,15)16)7(13)5(11)8(4)18-2-3-1-17-3/h3H,1-2H2,(H,14,15,16)/p-1. The maximum absolute atomic E-state index is 13.4. The van der Waals surface area contributed by atoms with Crippen LogP contribution in [-0.2, 0) is 14.9 Å². The summed E-state index contributed by atoms with van der Waals surface area (Å²) in [6.07, 6.45) is -0.451. The van der Waals surface area contributed by atoms with Crippen molar-refractivity contribution in [2.45, 2.75) is 11.0 Å². The van der Waals surface area contributed by atoms with E-state index in [0.717, 1.165) is 0 Å². The Kier molecular flexibility index (Phi) is 3.41. The van der Waals surface area contributed by atoms with Crippen molar-refractivity contribution in [2.75, 3.05) is 13.2 Å². The Morgan fingerprint density at radius 1 is 1.16 bits per heavy atom. The largest absolute Gasteiger partial charge is 0.744 e. The quantitative estimate of drug-likeness (QED) is 0.358. The van der Waals surface area contributed by atoms with Crippen molar-refractivity contribution in [1.82, 2.24) is 0 Å². The Morgan fingerprint density at radius 2 is 1.63 bits per heavy atom. The molecule has 1 aliphatic heterocycles. The minimum absolute atomic E-state index is 0.265. The van der Waals surface area contributed by atoms with Gasteiger partial charge in [0.05, 0.1) is 6.61 Å². The Morgan fingerprint density at radius 3 is 2.00 bits per heavy atom. The lowest BCUT2D eigenvalue weighted by molar-refractivity contribution is 0.233. The van der Waals surface area contributed by atoms with E-state index in [1.165, 1.54) is 0 Å². The SMILES string of the molecule is O=S(=O)([O-])c1c(F)c(F)c(OCC2CO2)c(F)c1F. The molecule has 1 fully saturated rings. The first kappa shape index (κ1) is 14.0. The molecule has 0 N–H and O–H groups in total. The zero-order valence-electron chi connectivity index (χ0n) is 8.95. The highest BCUT2D eigenvalue weighted by Gasteiger charge is 2.31. The number of halogens is 4. The lowest BCUT2D eigenvalue weighted by Crippen LogP contribution is -2.14. The third-order valence-corrected chi connectivity index (χ3v) is 3.11. The molecule has 0 amide bonds. The maximum atomic E-state index is 13.4. The molecule has 0 radical (unpaired) electrons. The summed E-state index contributed by atoms with van der Waals surface area (Å²) in [5.41, 5.74) is 0. The summed E-state index contributed by atoms with van der Waals surface area (Å²) < 4.78 is 94.0. The Bertz CT molecular complexity index is 597. The van der Waals surface area contributed by atoms with E-state index in [1.54, 1.807) is 0 Å². The molecule has 1 aliphatic rings. The Balaban J connectivity index is 2.52. The third kappa shape index (κ3) is 2.65. The van der Waals surface area contributed by atoms with E-state index in [0.29, 0.717) is 0 Å². The van der Waals surface area contributed by atoms with Crippen LogP contribution < -0.4 is 4.74 Å². The highest BCUT2D eigenvalue weighted by molar-refractivity contribution is 7.85. The van der Waals surface area contributed by atoms with Gasteiger partial charge in [-0.2, -0.15) is 8.78 Å². The molecule has 19 heavy (non-hydrogen) atoms. The van der Waals surface area contributed by atoms with E-state index in [9.17, 15) is 30.5 Å². The Labute approximate surface area is 104 Å². The van der Waals surface area contributed by atoms with E-state index in [2.05, 4.69) is 9.47 Å². The summed E-state index contributed by atoms with van der Waals surface area (Å²) in [4.78, 5) is -2.21. The Hall–Kier alpha value is -1.39. The highest BCUT2D eigenvalue weighted by Crippen LogP contribution is 2.32. The molecule has 0 spiro atoms. The molecule has 1 aromatic carbocycles. The van der Waals surface area contributed by atoms with E-state index in [4.69, 9.17) is 0 Å². The fourth-order valence-corrected chi connectivity index (χ4v) is 1.90. The molecule has 106 valence electrons. The van der Waals surface area contributed by atoms with Crippen molar-refractivity contribution < 1.29 is 40.0 Å². The van der Waals surface area contributed by atoms with E-state index < -0.39 is 50.1 Å². The molecule has 0 aliphatic carbocycles. The first-order valence-corrected chi connectivity index (χ1v) is 6.20. The van der Waals surface area contributed by atoms with Crippen LogP contribution in [0.1, 0.15) is 0 Å². The fourth-order valence-electron chi connectivity index (χ4n) is 1.28. The first-order valence-electron chi connectivity index (χ1n) is 4.79. The summed E-state index contributed by atoms with van der Waals surface area (Å²) in [5, 5.41) is 0. The summed E-state index contributed by atoms with van der Waals surface area (Å²) in [7, 11) is -5.71. The van der Waals surface area contributed by atoms with Crippen molar-refractivity contribution in [3.05, 3.63) is 23.3 Å². The van der Waals surface area contributed by atoms with Gasteiger partial charge >= 0.3 is 0 Å². The summed E-state index contributed by atoms with van der Waals surface area (Å²) in [6, 6.07) is 0. The van der Waals surface area contributed by atoms with Crippen LogP contribution in [0.4, 0.5) is 17.6 Å². The second-order valence-corrected chi connectivity index (χ2v) is 4.95. The predicted molar refractivity (Wildman–Crippen MR) is 49.5 cm³/mol. The number of hydrogen-bond acceptors (Lipinski definition) is 5. The molecule has 1 unspecified atom stereocenters. The van der Waals surface area contributed by atoms with Crippen molar-refractivity contribution in [2.24, 2.45) is 0 Å². The molecule has 10 heteroatoms. The normalized spacial score (nSPS) is 18.5. The fraction of sp³-hybridized carbons (Fsp3) is 0.333. The van der Waals surface area contributed by atoms with Crippen LogP contribution in [0.2, 0.25) is 0 Å². The smallest absolute Gasteiger partial charge is 0.205 e. The van der Waals surface area contributed by atoms with Gasteiger partial charge in [-0.3, -0.25) is 0 Å². The summed E-state index contributed by atoms with van der Waals surface area (Å²) >= 11 is 0. The molecular weight excluding hydrogens is 296 g/mol. The van der Waals surface area contributed by atoms with Gasteiger partial charge in [0, 0.05) is 0 Å². The number of ether oxygens (including phenoxy) is 2. The molecule has 0 saturated carbocycles. The molecular formula is C9H5F4O5S-. The van der Waals surface area contributed by atoms with Crippen LogP contribution >= 0.6 is 0 Å². The van der Waals surface area contributed by atoms with Crippen LogP contribution in [0, 0.1) is 23.3 Å². The molecule has 1 atom stereocenters.